The van der Waals surface area contributed by atoms with E-state index in [0.717, 1.165) is 11.3 Å². The first-order valence-electron chi connectivity index (χ1n) is 10.3. The Morgan fingerprint density at radius 2 is 1.85 bits per heavy atom. The van der Waals surface area contributed by atoms with Crippen molar-refractivity contribution >= 4 is 5.65 Å². The largest absolute Gasteiger partial charge is 0.493 e. The molecule has 4 aromatic rings. The molecule has 3 aromatic heterocycles. The van der Waals surface area contributed by atoms with Gasteiger partial charge in [0.2, 0.25) is 0 Å². The molecule has 0 fully saturated rings. The summed E-state index contributed by atoms with van der Waals surface area (Å²) in [5.41, 5.74) is 3.97. The van der Waals surface area contributed by atoms with Gasteiger partial charge in [0.1, 0.15) is 23.6 Å². The molecule has 1 atom stereocenters. The molecular weight excluding hydrogens is 439 g/mol. The second-order valence-corrected chi connectivity index (χ2v) is 7.78. The molecule has 5 heterocycles. The van der Waals surface area contributed by atoms with E-state index in [2.05, 4.69) is 24.9 Å². The molecule has 8 nitrogen and oxygen atoms in total. The SMILES string of the molecule is Fc1ccc2c3c1CCc1c(cc(-c4cnc(OC(F)F)nc4)c4nncn14)OC[C@H]3CO2. The standard InChI is InChI=1S/C22H16F3N5O3/c23-15-2-4-17-19-12(8-31-17)9-32-18-5-14(11-6-26-22(27-7-11)33-21(24)25)20-29-28-10-30(20)16(18)3-1-13(15)19/h2,4-7,10,12,21H,1,3,8-9H2/t12-/m1/s1. The fourth-order valence-electron chi connectivity index (χ4n) is 4.47. The Morgan fingerprint density at radius 3 is 2.64 bits per heavy atom. The highest BCUT2D eigenvalue weighted by atomic mass is 19.3. The van der Waals surface area contributed by atoms with Gasteiger partial charge in [-0.15, -0.1) is 10.2 Å². The summed E-state index contributed by atoms with van der Waals surface area (Å²) in [4.78, 5) is 7.69. The van der Waals surface area contributed by atoms with Gasteiger partial charge >= 0.3 is 12.6 Å². The minimum Gasteiger partial charge on any atom is -0.493 e. The summed E-state index contributed by atoms with van der Waals surface area (Å²) in [6, 6.07) is 4.47. The third-order valence-electron chi connectivity index (χ3n) is 5.93. The summed E-state index contributed by atoms with van der Waals surface area (Å²) in [6.45, 7) is -2.29. The maximum atomic E-state index is 14.7. The van der Waals surface area contributed by atoms with Gasteiger partial charge in [0, 0.05) is 29.1 Å². The van der Waals surface area contributed by atoms with Gasteiger partial charge in [0.15, 0.2) is 5.65 Å². The number of pyridine rings is 1. The molecule has 0 N–H and O–H groups in total. The van der Waals surface area contributed by atoms with Crippen LogP contribution in [0.25, 0.3) is 16.8 Å². The van der Waals surface area contributed by atoms with Gasteiger partial charge in [-0.1, -0.05) is 0 Å². The number of halogens is 3. The summed E-state index contributed by atoms with van der Waals surface area (Å²) in [6.07, 6.45) is 5.26. The highest BCUT2D eigenvalue weighted by Gasteiger charge is 2.31. The van der Waals surface area contributed by atoms with Crippen LogP contribution in [0.1, 0.15) is 22.7 Å². The van der Waals surface area contributed by atoms with Crippen molar-refractivity contribution in [1.29, 1.82) is 0 Å². The van der Waals surface area contributed by atoms with Gasteiger partial charge in [-0.2, -0.15) is 8.78 Å². The molecule has 2 aliphatic heterocycles. The van der Waals surface area contributed by atoms with E-state index in [1.165, 1.54) is 18.5 Å². The van der Waals surface area contributed by atoms with E-state index in [-0.39, 0.29) is 11.7 Å². The molecule has 11 heteroatoms. The van der Waals surface area contributed by atoms with Crippen LogP contribution < -0.4 is 14.2 Å². The van der Waals surface area contributed by atoms with Crippen LogP contribution in [-0.2, 0) is 12.8 Å². The molecule has 168 valence electrons. The Labute approximate surface area is 185 Å². The normalized spacial score (nSPS) is 16.9. The maximum absolute atomic E-state index is 14.7. The number of aromatic nitrogens is 5. The lowest BCUT2D eigenvalue weighted by molar-refractivity contribution is -0.0560. The average molecular weight is 455 g/mol. The zero-order valence-electron chi connectivity index (χ0n) is 17.0. The van der Waals surface area contributed by atoms with Crippen molar-refractivity contribution in [3.63, 3.8) is 0 Å². The number of fused-ring (bicyclic) bond motifs is 3. The second-order valence-electron chi connectivity index (χ2n) is 7.78. The number of hydrogen-bond acceptors (Lipinski definition) is 7. The van der Waals surface area contributed by atoms with E-state index in [1.807, 2.05) is 0 Å². The third-order valence-corrected chi connectivity index (χ3v) is 5.93. The summed E-state index contributed by atoms with van der Waals surface area (Å²) in [7, 11) is 0. The van der Waals surface area contributed by atoms with E-state index in [9.17, 15) is 13.2 Å². The van der Waals surface area contributed by atoms with Crippen LogP contribution in [0, 0.1) is 5.82 Å². The molecule has 1 aromatic carbocycles. The fourth-order valence-corrected chi connectivity index (χ4v) is 4.47. The Bertz CT molecular complexity index is 1360. The van der Waals surface area contributed by atoms with Crippen molar-refractivity contribution in [1.82, 2.24) is 24.6 Å². The van der Waals surface area contributed by atoms with Crippen LogP contribution in [0.15, 0.2) is 36.9 Å². The number of aryl methyl sites for hydroxylation is 1. The van der Waals surface area contributed by atoms with Crippen molar-refractivity contribution in [3.8, 4) is 28.6 Å². The van der Waals surface area contributed by atoms with Crippen molar-refractivity contribution in [2.45, 2.75) is 25.4 Å². The Kier molecular flexibility index (Phi) is 4.56. The lowest BCUT2D eigenvalue weighted by Crippen LogP contribution is -2.13. The Morgan fingerprint density at radius 1 is 1.06 bits per heavy atom. The summed E-state index contributed by atoms with van der Waals surface area (Å²) >= 11 is 0. The van der Waals surface area contributed by atoms with Crippen LogP contribution in [0.5, 0.6) is 17.5 Å². The third kappa shape index (κ3) is 3.31. The van der Waals surface area contributed by atoms with Crippen LogP contribution >= 0.6 is 0 Å². The molecule has 0 unspecified atom stereocenters. The van der Waals surface area contributed by atoms with E-state index in [4.69, 9.17) is 9.47 Å². The maximum Gasteiger partial charge on any atom is 0.389 e. The first-order valence-corrected chi connectivity index (χ1v) is 10.3. The van der Waals surface area contributed by atoms with Gasteiger partial charge in [0.25, 0.3) is 0 Å². The molecule has 2 aliphatic rings. The molecule has 0 spiro atoms. The predicted octanol–water partition coefficient (Wildman–Crippen LogP) is 3.58. The molecule has 0 bridgehead atoms. The van der Waals surface area contributed by atoms with E-state index in [0.29, 0.717) is 59.9 Å². The lowest BCUT2D eigenvalue weighted by Gasteiger charge is -2.16. The quantitative estimate of drug-likeness (QED) is 0.467. The van der Waals surface area contributed by atoms with Crippen molar-refractivity contribution < 1.29 is 27.4 Å². The number of nitrogens with zero attached hydrogens (tertiary/aromatic N) is 5. The fraction of sp³-hybridized carbons (Fsp3) is 0.273. The Hall–Kier alpha value is -3.89. The van der Waals surface area contributed by atoms with Crippen LogP contribution in [0.2, 0.25) is 0 Å². The minimum absolute atomic E-state index is 0.0918. The number of ether oxygens (including phenoxy) is 3. The highest BCUT2D eigenvalue weighted by molar-refractivity contribution is 5.78. The van der Waals surface area contributed by atoms with Crippen molar-refractivity contribution in [3.05, 3.63) is 59.6 Å². The lowest BCUT2D eigenvalue weighted by atomic mass is 9.93. The van der Waals surface area contributed by atoms with Crippen molar-refractivity contribution in [2.75, 3.05) is 13.2 Å². The molecule has 6 rings (SSSR count). The Balaban J connectivity index is 1.44. The predicted molar refractivity (Wildman–Crippen MR) is 108 cm³/mol. The summed E-state index contributed by atoms with van der Waals surface area (Å²) < 4.78 is 57.5. The van der Waals surface area contributed by atoms with E-state index in [1.54, 1.807) is 22.9 Å². The van der Waals surface area contributed by atoms with Gasteiger partial charge in [-0.25, -0.2) is 14.4 Å². The first-order chi connectivity index (χ1) is 16.1. The van der Waals surface area contributed by atoms with Crippen LogP contribution in [-0.4, -0.2) is 44.4 Å². The van der Waals surface area contributed by atoms with Crippen LogP contribution in [0.3, 0.4) is 0 Å². The van der Waals surface area contributed by atoms with Gasteiger partial charge in [0.05, 0.1) is 24.8 Å². The molecule has 33 heavy (non-hydrogen) atoms. The molecule has 0 radical (unpaired) electrons. The zero-order chi connectivity index (χ0) is 22.5. The number of rotatable bonds is 3. The molecule has 0 aliphatic carbocycles. The monoisotopic (exact) mass is 455 g/mol. The minimum atomic E-state index is -3.01. The smallest absolute Gasteiger partial charge is 0.389 e. The average Bonchev–Trinajstić information content (AvgIpc) is 3.45. The number of hydrogen-bond donors (Lipinski definition) is 0. The van der Waals surface area contributed by atoms with Gasteiger partial charge in [-0.3, -0.25) is 4.40 Å². The molecular formula is C22H16F3N5O3. The first kappa shape index (κ1) is 19.8. The summed E-state index contributed by atoms with van der Waals surface area (Å²) in [5.74, 6) is 0.939. The van der Waals surface area contributed by atoms with Crippen molar-refractivity contribution in [2.24, 2.45) is 0 Å². The van der Waals surface area contributed by atoms with Crippen LogP contribution in [0.4, 0.5) is 13.2 Å². The van der Waals surface area contributed by atoms with E-state index >= 15 is 0 Å². The van der Waals surface area contributed by atoms with E-state index < -0.39 is 12.6 Å². The molecule has 0 saturated heterocycles. The molecule has 0 saturated carbocycles. The van der Waals surface area contributed by atoms with Gasteiger partial charge < -0.3 is 14.2 Å². The highest BCUT2D eigenvalue weighted by Crippen LogP contribution is 2.41. The summed E-state index contributed by atoms with van der Waals surface area (Å²) in [5, 5.41) is 8.24. The number of alkyl halides is 2. The zero-order valence-corrected chi connectivity index (χ0v) is 17.0. The van der Waals surface area contributed by atoms with Gasteiger partial charge in [-0.05, 0) is 36.6 Å². The second kappa shape index (κ2) is 7.61. The number of benzene rings is 1. The topological polar surface area (TPSA) is 83.7 Å². The molecule has 0 amide bonds.